The smallest absolute Gasteiger partial charge is 0.416 e. The van der Waals surface area contributed by atoms with Gasteiger partial charge < -0.3 is 15.5 Å². The molecule has 0 saturated carbocycles. The molecule has 1 aromatic heterocycles. The molecule has 2 aromatic rings. The lowest BCUT2D eigenvalue weighted by molar-refractivity contribution is -0.137. The molecule has 0 bridgehead atoms. The van der Waals surface area contributed by atoms with Crippen molar-refractivity contribution in [1.82, 2.24) is 20.3 Å². The maximum Gasteiger partial charge on any atom is 0.416 e. The van der Waals surface area contributed by atoms with Crippen molar-refractivity contribution in [2.75, 3.05) is 0 Å². The Morgan fingerprint density at radius 3 is 2.60 bits per heavy atom. The predicted molar refractivity (Wildman–Crippen MR) is 82.6 cm³/mol. The van der Waals surface area contributed by atoms with Crippen LogP contribution in [0.15, 0.2) is 24.4 Å². The van der Waals surface area contributed by atoms with Gasteiger partial charge in [0.05, 0.1) is 22.9 Å². The summed E-state index contributed by atoms with van der Waals surface area (Å²) < 4.78 is 39.9. The number of aromatic nitrogens is 3. The normalized spacial score (nSPS) is 27.4. The summed E-state index contributed by atoms with van der Waals surface area (Å²) in [7, 11) is 1.72. The zero-order valence-electron chi connectivity index (χ0n) is 13.7. The average molecular weight is 356 g/mol. The van der Waals surface area contributed by atoms with Crippen molar-refractivity contribution in [3.63, 3.8) is 0 Å². The topological polar surface area (TPSA) is 83.2 Å². The van der Waals surface area contributed by atoms with E-state index in [0.717, 1.165) is 12.1 Å². The first-order valence-corrected chi connectivity index (χ1v) is 7.84. The molecule has 1 fully saturated rings. The number of piperidine rings is 1. The SMILES string of the molecule is C[C@H]1C[C@@](O)(c2ccc(C(F)(F)F)cc2O)C[C@@H](c2cn(C)nn2)N1. The van der Waals surface area contributed by atoms with Gasteiger partial charge in [0.15, 0.2) is 0 Å². The third kappa shape index (κ3) is 3.47. The van der Waals surface area contributed by atoms with Gasteiger partial charge in [0.1, 0.15) is 5.75 Å². The summed E-state index contributed by atoms with van der Waals surface area (Å²) in [6.07, 6.45) is -2.43. The Labute approximate surface area is 142 Å². The van der Waals surface area contributed by atoms with Gasteiger partial charge >= 0.3 is 6.18 Å². The fourth-order valence-electron chi connectivity index (χ4n) is 3.43. The minimum Gasteiger partial charge on any atom is -0.508 e. The Bertz CT molecular complexity index is 777. The van der Waals surface area contributed by atoms with Crippen LogP contribution in [0.3, 0.4) is 0 Å². The Balaban J connectivity index is 1.94. The van der Waals surface area contributed by atoms with Gasteiger partial charge in [-0.2, -0.15) is 13.2 Å². The van der Waals surface area contributed by atoms with Crippen LogP contribution >= 0.6 is 0 Å². The number of hydrogen-bond donors (Lipinski definition) is 3. The lowest BCUT2D eigenvalue weighted by Crippen LogP contribution is -2.47. The van der Waals surface area contributed by atoms with Crippen LogP contribution in [0.5, 0.6) is 5.75 Å². The van der Waals surface area contributed by atoms with Crippen LogP contribution in [-0.2, 0) is 18.8 Å². The highest BCUT2D eigenvalue weighted by Crippen LogP contribution is 2.44. The highest BCUT2D eigenvalue weighted by Gasteiger charge is 2.42. The number of phenolic OH excluding ortho intramolecular Hbond substituents is 1. The summed E-state index contributed by atoms with van der Waals surface area (Å²) in [6.45, 7) is 1.86. The van der Waals surface area contributed by atoms with E-state index in [1.165, 1.54) is 4.68 Å². The summed E-state index contributed by atoms with van der Waals surface area (Å²) in [5.74, 6) is -0.565. The molecule has 3 N–H and O–H groups in total. The largest absolute Gasteiger partial charge is 0.508 e. The molecule has 25 heavy (non-hydrogen) atoms. The first-order valence-electron chi connectivity index (χ1n) is 7.84. The highest BCUT2D eigenvalue weighted by atomic mass is 19.4. The molecule has 0 aliphatic carbocycles. The Morgan fingerprint density at radius 2 is 2.04 bits per heavy atom. The molecular formula is C16H19F3N4O2. The number of alkyl halides is 3. The van der Waals surface area contributed by atoms with Gasteiger partial charge in [-0.25, -0.2) is 0 Å². The molecule has 3 atom stereocenters. The molecule has 136 valence electrons. The van der Waals surface area contributed by atoms with Crippen molar-refractivity contribution in [3.8, 4) is 5.75 Å². The molecule has 1 saturated heterocycles. The summed E-state index contributed by atoms with van der Waals surface area (Å²) in [6, 6.07) is 2.20. The van der Waals surface area contributed by atoms with Gasteiger partial charge in [0.25, 0.3) is 0 Å². The van der Waals surface area contributed by atoms with E-state index in [2.05, 4.69) is 15.6 Å². The molecule has 1 aliphatic heterocycles. The van der Waals surface area contributed by atoms with Crippen molar-refractivity contribution in [2.24, 2.45) is 7.05 Å². The molecule has 1 aromatic carbocycles. The van der Waals surface area contributed by atoms with Gasteiger partial charge in [-0.15, -0.1) is 5.10 Å². The lowest BCUT2D eigenvalue weighted by atomic mass is 9.77. The molecule has 3 rings (SSSR count). The van der Waals surface area contributed by atoms with Crippen LogP contribution in [0.1, 0.15) is 42.6 Å². The highest BCUT2D eigenvalue weighted by molar-refractivity contribution is 5.42. The van der Waals surface area contributed by atoms with Gasteiger partial charge in [-0.05, 0) is 25.5 Å². The quantitative estimate of drug-likeness (QED) is 0.769. The molecular weight excluding hydrogens is 337 g/mol. The lowest BCUT2D eigenvalue weighted by Gasteiger charge is -2.41. The van der Waals surface area contributed by atoms with E-state index < -0.39 is 23.1 Å². The van der Waals surface area contributed by atoms with Gasteiger partial charge in [-0.1, -0.05) is 11.3 Å². The monoisotopic (exact) mass is 356 g/mol. The number of benzene rings is 1. The number of aromatic hydroxyl groups is 1. The summed E-state index contributed by atoms with van der Waals surface area (Å²) in [5.41, 5.74) is -1.72. The van der Waals surface area contributed by atoms with Gasteiger partial charge in [-0.3, -0.25) is 4.68 Å². The first-order chi connectivity index (χ1) is 11.6. The van der Waals surface area contributed by atoms with Crippen molar-refractivity contribution < 1.29 is 23.4 Å². The van der Waals surface area contributed by atoms with Crippen LogP contribution in [0.25, 0.3) is 0 Å². The zero-order chi connectivity index (χ0) is 18.4. The second-order valence-electron chi connectivity index (χ2n) is 6.61. The Morgan fingerprint density at radius 1 is 1.32 bits per heavy atom. The average Bonchev–Trinajstić information content (AvgIpc) is 2.91. The molecule has 2 heterocycles. The minimum absolute atomic E-state index is 0.0859. The second kappa shape index (κ2) is 5.99. The number of rotatable bonds is 2. The molecule has 0 amide bonds. The van der Waals surface area contributed by atoms with Crippen LogP contribution < -0.4 is 5.32 Å². The van der Waals surface area contributed by atoms with E-state index in [1.807, 2.05) is 6.92 Å². The van der Waals surface area contributed by atoms with E-state index in [4.69, 9.17) is 0 Å². The van der Waals surface area contributed by atoms with Crippen LogP contribution in [0, 0.1) is 0 Å². The number of aliphatic hydroxyl groups is 1. The number of hydrogen-bond acceptors (Lipinski definition) is 5. The molecule has 6 nitrogen and oxygen atoms in total. The Hall–Kier alpha value is -2.13. The van der Waals surface area contributed by atoms with E-state index in [-0.39, 0.29) is 30.5 Å². The second-order valence-corrected chi connectivity index (χ2v) is 6.61. The maximum absolute atomic E-state index is 12.8. The van der Waals surface area contributed by atoms with E-state index in [0.29, 0.717) is 11.8 Å². The van der Waals surface area contributed by atoms with Crippen molar-refractivity contribution in [1.29, 1.82) is 0 Å². The third-order valence-electron chi connectivity index (χ3n) is 4.48. The van der Waals surface area contributed by atoms with Crippen LogP contribution in [-0.4, -0.2) is 31.2 Å². The van der Waals surface area contributed by atoms with Gasteiger partial charge in [0, 0.05) is 31.3 Å². The summed E-state index contributed by atoms with van der Waals surface area (Å²) in [4.78, 5) is 0. The zero-order valence-corrected chi connectivity index (χ0v) is 13.7. The van der Waals surface area contributed by atoms with Gasteiger partial charge in [0.2, 0.25) is 0 Å². The number of nitrogens with zero attached hydrogens (tertiary/aromatic N) is 3. The molecule has 0 unspecified atom stereocenters. The Kier molecular flexibility index (Phi) is 4.24. The van der Waals surface area contributed by atoms with Crippen LogP contribution in [0.4, 0.5) is 13.2 Å². The van der Waals surface area contributed by atoms with Crippen LogP contribution in [0.2, 0.25) is 0 Å². The van der Waals surface area contributed by atoms with Crippen molar-refractivity contribution in [3.05, 3.63) is 41.2 Å². The molecule has 1 aliphatic rings. The minimum atomic E-state index is -4.55. The fourth-order valence-corrected chi connectivity index (χ4v) is 3.43. The maximum atomic E-state index is 12.8. The first kappa shape index (κ1) is 17.7. The molecule has 0 radical (unpaired) electrons. The number of aryl methyl sites for hydroxylation is 1. The molecule has 0 spiro atoms. The standard InChI is InChI=1S/C16H19F3N4O2/c1-9-6-15(25,7-12(20-9)13-8-23(2)22-21-13)11-4-3-10(5-14(11)24)16(17,18)19/h3-5,8-9,12,20,24-25H,6-7H2,1-2H3/t9-,12-,15-/m0/s1. The van der Waals surface area contributed by atoms with Crippen molar-refractivity contribution in [2.45, 2.75) is 43.6 Å². The van der Waals surface area contributed by atoms with Crippen molar-refractivity contribution >= 4 is 0 Å². The summed E-state index contributed by atoms with van der Waals surface area (Å²) >= 11 is 0. The number of halogens is 3. The number of phenols is 1. The number of nitrogens with one attached hydrogen (secondary N) is 1. The van der Waals surface area contributed by atoms with E-state index in [9.17, 15) is 23.4 Å². The molecule has 9 heteroatoms. The predicted octanol–water partition coefficient (Wildman–Crippen LogP) is 2.24. The van der Waals surface area contributed by atoms with E-state index >= 15 is 0 Å². The summed E-state index contributed by atoms with van der Waals surface area (Å²) in [5, 5.41) is 32.4. The fraction of sp³-hybridized carbons (Fsp3) is 0.500. The van der Waals surface area contributed by atoms with E-state index in [1.54, 1.807) is 13.2 Å². The third-order valence-corrected chi connectivity index (χ3v) is 4.48.